The van der Waals surface area contributed by atoms with Crippen molar-refractivity contribution in [1.82, 2.24) is 0 Å². The Hall–Kier alpha value is -2.82. The standard InChI is InChI=1S/C25H26O5/c1-15-3-8-20(18-6-9-19-17(13-18)7-10-21(19)26)23(22(15)28-2)30-25(11-12-25)24(27)29-14-16-4-5-16/h3,6,8-9,13,16H,4-5,7,10-12,14H2,1-2H3. The van der Waals surface area contributed by atoms with Crippen LogP contribution in [0.5, 0.6) is 11.5 Å². The highest BCUT2D eigenvalue weighted by molar-refractivity contribution is 6.01. The normalized spacial score (nSPS) is 18.7. The molecule has 30 heavy (non-hydrogen) atoms. The lowest BCUT2D eigenvalue weighted by molar-refractivity contribution is -0.154. The molecule has 5 nitrogen and oxygen atoms in total. The van der Waals surface area contributed by atoms with Gasteiger partial charge >= 0.3 is 5.97 Å². The fourth-order valence-electron chi connectivity index (χ4n) is 4.13. The Labute approximate surface area is 176 Å². The minimum absolute atomic E-state index is 0.199. The average molecular weight is 406 g/mol. The molecule has 2 aromatic carbocycles. The van der Waals surface area contributed by atoms with Gasteiger partial charge in [0.25, 0.3) is 0 Å². The second-order valence-corrected chi connectivity index (χ2v) is 8.73. The van der Waals surface area contributed by atoms with Gasteiger partial charge in [0.2, 0.25) is 5.60 Å². The fourth-order valence-corrected chi connectivity index (χ4v) is 4.13. The highest BCUT2D eigenvalue weighted by Crippen LogP contribution is 2.49. The molecular weight excluding hydrogens is 380 g/mol. The van der Waals surface area contributed by atoms with Crippen molar-refractivity contribution < 1.29 is 23.8 Å². The summed E-state index contributed by atoms with van der Waals surface area (Å²) in [4.78, 5) is 24.8. The van der Waals surface area contributed by atoms with Crippen LogP contribution in [-0.4, -0.2) is 31.1 Å². The molecule has 0 amide bonds. The van der Waals surface area contributed by atoms with Crippen LogP contribution in [0.25, 0.3) is 11.1 Å². The van der Waals surface area contributed by atoms with Gasteiger partial charge in [-0.1, -0.05) is 30.3 Å². The number of fused-ring (bicyclic) bond motifs is 1. The number of ether oxygens (including phenoxy) is 3. The highest BCUT2D eigenvalue weighted by Gasteiger charge is 2.55. The predicted octanol–water partition coefficient (Wildman–Crippen LogP) is 4.66. The molecule has 0 saturated heterocycles. The highest BCUT2D eigenvalue weighted by atomic mass is 16.6. The Balaban J connectivity index is 1.50. The van der Waals surface area contributed by atoms with E-state index in [0.29, 0.717) is 43.3 Å². The van der Waals surface area contributed by atoms with E-state index in [-0.39, 0.29) is 11.8 Å². The molecule has 0 heterocycles. The van der Waals surface area contributed by atoms with Crippen molar-refractivity contribution in [2.24, 2.45) is 5.92 Å². The van der Waals surface area contributed by atoms with Crippen LogP contribution in [0.4, 0.5) is 0 Å². The van der Waals surface area contributed by atoms with E-state index in [4.69, 9.17) is 14.2 Å². The van der Waals surface area contributed by atoms with Gasteiger partial charge in [-0.2, -0.15) is 0 Å². The SMILES string of the molecule is COc1c(C)ccc(-c2ccc3c(c2)CCC3=O)c1OC1(C(=O)OCC2CC2)CC1. The Bertz CT molecular complexity index is 1030. The average Bonchev–Trinajstić information content (AvgIpc) is 3.67. The summed E-state index contributed by atoms with van der Waals surface area (Å²) in [5.74, 6) is 1.64. The van der Waals surface area contributed by atoms with E-state index in [1.807, 2.05) is 31.2 Å². The third kappa shape index (κ3) is 3.36. The first-order chi connectivity index (χ1) is 14.5. The van der Waals surface area contributed by atoms with E-state index in [2.05, 4.69) is 6.07 Å². The number of esters is 1. The molecule has 5 rings (SSSR count). The smallest absolute Gasteiger partial charge is 0.350 e. The molecule has 0 aliphatic heterocycles. The maximum absolute atomic E-state index is 12.8. The summed E-state index contributed by atoms with van der Waals surface area (Å²) in [6.07, 6.45) is 4.89. The zero-order valence-corrected chi connectivity index (χ0v) is 17.5. The van der Waals surface area contributed by atoms with Crippen LogP contribution >= 0.6 is 0 Å². The Morgan fingerprint density at radius 2 is 1.83 bits per heavy atom. The molecule has 0 aromatic heterocycles. The van der Waals surface area contributed by atoms with Gasteiger partial charge < -0.3 is 14.2 Å². The first-order valence-electron chi connectivity index (χ1n) is 10.7. The lowest BCUT2D eigenvalue weighted by Gasteiger charge is -2.22. The zero-order chi connectivity index (χ0) is 20.9. The number of ketones is 1. The largest absolute Gasteiger partial charge is 0.493 e. The van der Waals surface area contributed by atoms with E-state index < -0.39 is 5.60 Å². The molecule has 3 aliphatic rings. The third-order valence-corrected chi connectivity index (χ3v) is 6.37. The van der Waals surface area contributed by atoms with Crippen LogP contribution in [-0.2, 0) is 16.0 Å². The lowest BCUT2D eigenvalue weighted by atomic mass is 9.98. The molecule has 0 atom stereocenters. The van der Waals surface area contributed by atoms with E-state index in [9.17, 15) is 9.59 Å². The minimum Gasteiger partial charge on any atom is -0.493 e. The first kappa shape index (κ1) is 19.2. The lowest BCUT2D eigenvalue weighted by Crippen LogP contribution is -2.32. The van der Waals surface area contributed by atoms with Crippen LogP contribution in [0, 0.1) is 12.8 Å². The van der Waals surface area contributed by atoms with Gasteiger partial charge in [0.1, 0.15) is 0 Å². The van der Waals surface area contributed by atoms with Crippen LogP contribution in [0.15, 0.2) is 30.3 Å². The Morgan fingerprint density at radius 3 is 2.53 bits per heavy atom. The van der Waals surface area contributed by atoms with Crippen molar-refractivity contribution in [2.75, 3.05) is 13.7 Å². The van der Waals surface area contributed by atoms with Gasteiger partial charge in [0.05, 0.1) is 13.7 Å². The second kappa shape index (κ2) is 7.15. The summed E-state index contributed by atoms with van der Waals surface area (Å²) in [5.41, 5.74) is 3.71. The van der Waals surface area contributed by atoms with Gasteiger partial charge in [0.15, 0.2) is 17.3 Å². The van der Waals surface area contributed by atoms with E-state index in [0.717, 1.165) is 47.1 Å². The molecule has 0 radical (unpaired) electrons. The third-order valence-electron chi connectivity index (χ3n) is 6.37. The van der Waals surface area contributed by atoms with Gasteiger partial charge in [-0.3, -0.25) is 4.79 Å². The van der Waals surface area contributed by atoms with Crippen LogP contribution in [0.3, 0.4) is 0 Å². The van der Waals surface area contributed by atoms with E-state index >= 15 is 0 Å². The molecule has 3 aliphatic carbocycles. The Morgan fingerprint density at radius 1 is 1.07 bits per heavy atom. The van der Waals surface area contributed by atoms with E-state index in [1.54, 1.807) is 7.11 Å². The maximum Gasteiger partial charge on any atom is 0.350 e. The van der Waals surface area contributed by atoms with Crippen molar-refractivity contribution in [1.29, 1.82) is 0 Å². The Kier molecular flexibility index (Phi) is 4.57. The number of Topliss-reactive ketones (excluding diaryl/α,β-unsaturated/α-hetero) is 1. The molecule has 2 fully saturated rings. The van der Waals surface area contributed by atoms with Gasteiger partial charge in [0, 0.05) is 30.4 Å². The first-order valence-corrected chi connectivity index (χ1v) is 10.7. The number of aryl methyl sites for hydroxylation is 2. The number of benzene rings is 2. The molecule has 0 unspecified atom stereocenters. The van der Waals surface area contributed by atoms with Crippen molar-refractivity contribution in [3.63, 3.8) is 0 Å². The summed E-state index contributed by atoms with van der Waals surface area (Å²) >= 11 is 0. The molecule has 2 saturated carbocycles. The predicted molar refractivity (Wildman–Crippen MR) is 112 cm³/mol. The molecular formula is C25H26O5. The molecule has 156 valence electrons. The van der Waals surface area contributed by atoms with Crippen molar-refractivity contribution >= 4 is 11.8 Å². The zero-order valence-electron chi connectivity index (χ0n) is 17.5. The van der Waals surface area contributed by atoms with Crippen LogP contribution < -0.4 is 9.47 Å². The van der Waals surface area contributed by atoms with Crippen LogP contribution in [0.2, 0.25) is 0 Å². The van der Waals surface area contributed by atoms with Crippen molar-refractivity contribution in [3.05, 3.63) is 47.0 Å². The van der Waals surface area contributed by atoms with Gasteiger partial charge in [-0.15, -0.1) is 0 Å². The van der Waals surface area contributed by atoms with E-state index in [1.165, 1.54) is 0 Å². The fraction of sp³-hybridized carbons (Fsp3) is 0.440. The minimum atomic E-state index is -0.919. The number of methoxy groups -OCH3 is 1. The van der Waals surface area contributed by atoms with Gasteiger partial charge in [-0.05, 0) is 48.8 Å². The molecule has 0 bridgehead atoms. The topological polar surface area (TPSA) is 61.8 Å². The summed E-state index contributed by atoms with van der Waals surface area (Å²) in [6.45, 7) is 2.45. The number of hydrogen-bond donors (Lipinski definition) is 0. The second-order valence-electron chi connectivity index (χ2n) is 8.73. The van der Waals surface area contributed by atoms with Crippen molar-refractivity contribution in [3.8, 4) is 22.6 Å². The number of rotatable bonds is 7. The number of carbonyl (C=O) groups is 2. The molecule has 0 N–H and O–H groups in total. The van der Waals surface area contributed by atoms with Crippen LogP contribution in [0.1, 0.15) is 53.6 Å². The molecule has 5 heteroatoms. The molecule has 2 aromatic rings. The number of carbonyl (C=O) groups excluding carboxylic acids is 2. The maximum atomic E-state index is 12.8. The quantitative estimate of drug-likeness (QED) is 0.626. The van der Waals surface area contributed by atoms with Crippen molar-refractivity contribution in [2.45, 2.75) is 51.0 Å². The summed E-state index contributed by atoms with van der Waals surface area (Å²) in [6, 6.07) is 9.89. The summed E-state index contributed by atoms with van der Waals surface area (Å²) in [5, 5.41) is 0. The summed E-state index contributed by atoms with van der Waals surface area (Å²) < 4.78 is 17.6. The number of hydrogen-bond acceptors (Lipinski definition) is 5. The van der Waals surface area contributed by atoms with Gasteiger partial charge in [-0.25, -0.2) is 4.79 Å². The summed E-state index contributed by atoms with van der Waals surface area (Å²) in [7, 11) is 1.62. The monoisotopic (exact) mass is 406 g/mol. The molecule has 0 spiro atoms.